The van der Waals surface area contributed by atoms with Gasteiger partial charge in [-0.1, -0.05) is 17.7 Å². The molecule has 2 N–H and O–H groups in total. The molecule has 0 bridgehead atoms. The van der Waals surface area contributed by atoms with Gasteiger partial charge in [-0.2, -0.15) is 0 Å². The van der Waals surface area contributed by atoms with Crippen LogP contribution in [0.3, 0.4) is 0 Å². The molecule has 0 saturated carbocycles. The lowest BCUT2D eigenvalue weighted by atomic mass is 10.2. The number of amides is 1. The van der Waals surface area contributed by atoms with Crippen LogP contribution in [0.4, 0.5) is 5.82 Å². The molecule has 0 aromatic carbocycles. The lowest BCUT2D eigenvalue weighted by Crippen LogP contribution is -2.34. The molecule has 0 aliphatic carbocycles. The first-order chi connectivity index (χ1) is 9.60. The Hall–Kier alpha value is -1.59. The summed E-state index contributed by atoms with van der Waals surface area (Å²) < 4.78 is 0. The number of carbonyl (C=O) groups is 1. The zero-order chi connectivity index (χ0) is 14.5. The SMILES string of the molecule is CNc1ccc(Cl)c(C(=O)NC(C)Cc2cccs2)n1. The van der Waals surface area contributed by atoms with E-state index in [1.165, 1.54) is 4.88 Å². The largest absolute Gasteiger partial charge is 0.373 e. The van der Waals surface area contributed by atoms with Crippen LogP contribution in [0, 0.1) is 0 Å². The summed E-state index contributed by atoms with van der Waals surface area (Å²) in [4.78, 5) is 17.6. The van der Waals surface area contributed by atoms with E-state index < -0.39 is 0 Å². The normalized spacial score (nSPS) is 11.9. The van der Waals surface area contributed by atoms with Gasteiger partial charge in [-0.3, -0.25) is 4.79 Å². The van der Waals surface area contributed by atoms with E-state index in [-0.39, 0.29) is 17.6 Å². The molecule has 2 rings (SSSR count). The average molecular weight is 310 g/mol. The molecule has 20 heavy (non-hydrogen) atoms. The summed E-state index contributed by atoms with van der Waals surface area (Å²) in [5.74, 6) is 0.363. The van der Waals surface area contributed by atoms with Gasteiger partial charge in [0.1, 0.15) is 11.5 Å². The van der Waals surface area contributed by atoms with Crippen molar-refractivity contribution in [2.45, 2.75) is 19.4 Å². The lowest BCUT2D eigenvalue weighted by Gasteiger charge is -2.13. The zero-order valence-corrected chi connectivity index (χ0v) is 12.9. The molecule has 1 atom stereocenters. The van der Waals surface area contributed by atoms with Gasteiger partial charge in [0.25, 0.3) is 5.91 Å². The van der Waals surface area contributed by atoms with Crippen LogP contribution < -0.4 is 10.6 Å². The Morgan fingerprint density at radius 2 is 2.25 bits per heavy atom. The number of thiophene rings is 1. The number of nitrogens with one attached hydrogen (secondary N) is 2. The number of aromatic nitrogens is 1. The van der Waals surface area contributed by atoms with Crippen molar-refractivity contribution in [2.75, 3.05) is 12.4 Å². The third kappa shape index (κ3) is 3.71. The summed E-state index contributed by atoms with van der Waals surface area (Å²) in [7, 11) is 1.75. The number of halogens is 1. The maximum absolute atomic E-state index is 12.2. The second-order valence-corrected chi connectivity index (χ2v) is 5.87. The first kappa shape index (κ1) is 14.8. The molecule has 0 aliphatic rings. The van der Waals surface area contributed by atoms with Crippen LogP contribution in [0.1, 0.15) is 22.3 Å². The molecule has 0 aliphatic heterocycles. The minimum Gasteiger partial charge on any atom is -0.373 e. The minimum absolute atomic E-state index is 0.0252. The van der Waals surface area contributed by atoms with Gasteiger partial charge >= 0.3 is 0 Å². The minimum atomic E-state index is -0.254. The van der Waals surface area contributed by atoms with E-state index >= 15 is 0 Å². The Kier molecular flexibility index (Phi) is 4.98. The van der Waals surface area contributed by atoms with Crippen molar-refractivity contribution in [1.82, 2.24) is 10.3 Å². The van der Waals surface area contributed by atoms with Gasteiger partial charge in [0.05, 0.1) is 5.02 Å². The molecular weight excluding hydrogens is 294 g/mol. The van der Waals surface area contributed by atoms with E-state index in [1.54, 1.807) is 30.5 Å². The third-order valence-electron chi connectivity index (χ3n) is 2.78. The maximum atomic E-state index is 12.2. The number of rotatable bonds is 5. The highest BCUT2D eigenvalue weighted by Crippen LogP contribution is 2.17. The van der Waals surface area contributed by atoms with Crippen molar-refractivity contribution in [2.24, 2.45) is 0 Å². The van der Waals surface area contributed by atoms with Gasteiger partial charge in [0.15, 0.2) is 0 Å². The first-order valence-corrected chi connectivity index (χ1v) is 7.53. The summed E-state index contributed by atoms with van der Waals surface area (Å²) in [6.07, 6.45) is 0.798. The van der Waals surface area contributed by atoms with Crippen molar-refractivity contribution in [3.8, 4) is 0 Å². The number of pyridine rings is 1. The number of anilines is 1. The molecular formula is C14H16ClN3OS. The van der Waals surface area contributed by atoms with Gasteiger partial charge in [-0.15, -0.1) is 11.3 Å². The Labute approximate surface area is 127 Å². The molecule has 0 fully saturated rings. The Morgan fingerprint density at radius 3 is 2.90 bits per heavy atom. The Morgan fingerprint density at radius 1 is 1.45 bits per heavy atom. The molecule has 2 heterocycles. The molecule has 2 aromatic heterocycles. The van der Waals surface area contributed by atoms with Crippen molar-refractivity contribution in [3.05, 3.63) is 45.2 Å². The average Bonchev–Trinajstić information content (AvgIpc) is 2.91. The predicted molar refractivity (Wildman–Crippen MR) is 83.7 cm³/mol. The van der Waals surface area contributed by atoms with Crippen molar-refractivity contribution >= 4 is 34.7 Å². The Balaban J connectivity index is 2.04. The summed E-state index contributed by atoms with van der Waals surface area (Å²) in [5.41, 5.74) is 0.247. The van der Waals surface area contributed by atoms with Gasteiger partial charge in [-0.05, 0) is 30.5 Å². The van der Waals surface area contributed by atoms with E-state index in [0.29, 0.717) is 10.8 Å². The van der Waals surface area contributed by atoms with Gasteiger partial charge in [0.2, 0.25) is 0 Å². The molecule has 0 radical (unpaired) electrons. The fourth-order valence-electron chi connectivity index (χ4n) is 1.81. The van der Waals surface area contributed by atoms with Crippen LogP contribution >= 0.6 is 22.9 Å². The highest BCUT2D eigenvalue weighted by molar-refractivity contribution is 7.09. The lowest BCUT2D eigenvalue weighted by molar-refractivity contribution is 0.0935. The van der Waals surface area contributed by atoms with Gasteiger partial charge in [-0.25, -0.2) is 4.98 Å². The summed E-state index contributed by atoms with van der Waals surface area (Å²) in [6, 6.07) is 7.48. The third-order valence-corrected chi connectivity index (χ3v) is 3.99. The smallest absolute Gasteiger partial charge is 0.271 e. The highest BCUT2D eigenvalue weighted by Gasteiger charge is 2.15. The second-order valence-electron chi connectivity index (χ2n) is 4.43. The summed E-state index contributed by atoms with van der Waals surface area (Å²) in [6.45, 7) is 1.97. The second kappa shape index (κ2) is 6.72. The molecule has 4 nitrogen and oxygen atoms in total. The molecule has 2 aromatic rings. The number of hydrogen-bond donors (Lipinski definition) is 2. The van der Waals surface area contributed by atoms with Crippen molar-refractivity contribution < 1.29 is 4.79 Å². The van der Waals surface area contributed by atoms with Crippen molar-refractivity contribution in [1.29, 1.82) is 0 Å². The fourth-order valence-corrected chi connectivity index (χ4v) is 2.84. The van der Waals surface area contributed by atoms with E-state index in [2.05, 4.69) is 21.7 Å². The fraction of sp³-hybridized carbons (Fsp3) is 0.286. The molecule has 6 heteroatoms. The summed E-state index contributed by atoms with van der Waals surface area (Å²) >= 11 is 7.71. The van der Waals surface area contributed by atoms with Gasteiger partial charge < -0.3 is 10.6 Å². The molecule has 0 spiro atoms. The van der Waals surface area contributed by atoms with E-state index in [1.807, 2.05) is 18.4 Å². The quantitative estimate of drug-likeness (QED) is 0.892. The molecule has 106 valence electrons. The highest BCUT2D eigenvalue weighted by atomic mass is 35.5. The zero-order valence-electron chi connectivity index (χ0n) is 11.3. The van der Waals surface area contributed by atoms with Crippen LogP contribution in [0.25, 0.3) is 0 Å². The Bertz CT molecular complexity index is 586. The predicted octanol–water partition coefficient (Wildman–Crippen LogP) is 3.20. The first-order valence-electron chi connectivity index (χ1n) is 6.27. The molecule has 1 amide bonds. The number of nitrogens with zero attached hydrogens (tertiary/aromatic N) is 1. The van der Waals surface area contributed by atoms with Crippen LogP contribution in [0.15, 0.2) is 29.6 Å². The summed E-state index contributed by atoms with van der Waals surface area (Å²) in [5, 5.41) is 8.19. The molecule has 1 unspecified atom stereocenters. The van der Waals surface area contributed by atoms with E-state index in [9.17, 15) is 4.79 Å². The van der Waals surface area contributed by atoms with Crippen LogP contribution in [-0.4, -0.2) is 24.0 Å². The monoisotopic (exact) mass is 309 g/mol. The van der Waals surface area contributed by atoms with E-state index in [0.717, 1.165) is 6.42 Å². The molecule has 0 saturated heterocycles. The van der Waals surface area contributed by atoms with Crippen LogP contribution in [0.2, 0.25) is 5.02 Å². The van der Waals surface area contributed by atoms with E-state index in [4.69, 9.17) is 11.6 Å². The topological polar surface area (TPSA) is 54.0 Å². The number of hydrogen-bond acceptors (Lipinski definition) is 4. The van der Waals surface area contributed by atoms with Gasteiger partial charge in [0, 0.05) is 24.4 Å². The van der Waals surface area contributed by atoms with Crippen LogP contribution in [0.5, 0.6) is 0 Å². The van der Waals surface area contributed by atoms with Crippen molar-refractivity contribution in [3.63, 3.8) is 0 Å². The van der Waals surface area contributed by atoms with Crippen LogP contribution in [-0.2, 0) is 6.42 Å². The standard InChI is InChI=1S/C14H16ClN3OS/c1-9(8-10-4-3-7-20-10)17-14(19)13-11(15)5-6-12(16-2)18-13/h3-7,9H,8H2,1-2H3,(H,16,18)(H,17,19). The maximum Gasteiger partial charge on any atom is 0.271 e. The number of carbonyl (C=O) groups excluding carboxylic acids is 1.